The highest BCUT2D eigenvalue weighted by atomic mass is 16.2. The lowest BCUT2D eigenvalue weighted by Crippen LogP contribution is -2.43. The molecule has 5 aromatic rings. The molecule has 8 nitrogen and oxygen atoms in total. The number of nitrogens with one attached hydrogen (secondary N) is 4. The summed E-state index contributed by atoms with van der Waals surface area (Å²) in [7, 11) is 0. The van der Waals surface area contributed by atoms with Crippen LogP contribution in [-0.2, 0) is 20.8 Å². The molecule has 0 bridgehead atoms. The molecule has 1 aromatic heterocycles. The third-order valence-electron chi connectivity index (χ3n) is 9.02. The van der Waals surface area contributed by atoms with E-state index in [0.717, 1.165) is 70.3 Å². The average Bonchev–Trinajstić information content (AvgIpc) is 3.87. The summed E-state index contributed by atoms with van der Waals surface area (Å²) in [5, 5.41) is 10.4. The van der Waals surface area contributed by atoms with Gasteiger partial charge in [-0.15, -0.1) is 0 Å². The molecule has 4 aromatic carbocycles. The minimum absolute atomic E-state index is 0.00306. The van der Waals surface area contributed by atoms with E-state index in [0.29, 0.717) is 18.7 Å². The average molecular weight is 612 g/mol. The van der Waals surface area contributed by atoms with E-state index in [9.17, 15) is 14.4 Å². The van der Waals surface area contributed by atoms with Gasteiger partial charge < -0.3 is 25.8 Å². The number of aromatic amines is 1. The molecule has 2 atom stereocenters. The molecule has 8 heteroatoms. The number of carbonyl (C=O) groups is 3. The Hall–Kier alpha value is -5.21. The number of nitrogens with zero attached hydrogens (tertiary/aromatic N) is 1. The minimum atomic E-state index is -0.495. The topological polar surface area (TPSA) is 106 Å². The first kappa shape index (κ1) is 29.5. The van der Waals surface area contributed by atoms with Gasteiger partial charge in [0.2, 0.25) is 17.7 Å². The fourth-order valence-corrected chi connectivity index (χ4v) is 6.68. The van der Waals surface area contributed by atoms with Crippen molar-refractivity contribution in [1.82, 2.24) is 15.2 Å². The number of fused-ring (bicyclic) bond motifs is 1. The van der Waals surface area contributed by atoms with Gasteiger partial charge in [-0.3, -0.25) is 14.4 Å². The molecule has 0 aliphatic carbocycles. The van der Waals surface area contributed by atoms with Gasteiger partial charge in [-0.05, 0) is 79.3 Å². The van der Waals surface area contributed by atoms with E-state index in [-0.39, 0.29) is 30.2 Å². The number of rotatable bonds is 8. The van der Waals surface area contributed by atoms with Crippen molar-refractivity contribution in [1.29, 1.82) is 0 Å². The molecule has 2 saturated heterocycles. The van der Waals surface area contributed by atoms with Gasteiger partial charge in [-0.2, -0.15) is 0 Å². The maximum Gasteiger partial charge on any atom is 0.247 e. The van der Waals surface area contributed by atoms with Gasteiger partial charge in [-0.1, -0.05) is 72.8 Å². The van der Waals surface area contributed by atoms with Crippen LogP contribution in [0.5, 0.6) is 0 Å². The number of likely N-dealkylation sites (tertiary alicyclic amines) is 1. The van der Waals surface area contributed by atoms with Crippen LogP contribution in [0.15, 0.2) is 103 Å². The normalized spacial score (nSPS) is 17.7. The van der Waals surface area contributed by atoms with Crippen molar-refractivity contribution in [3.63, 3.8) is 0 Å². The summed E-state index contributed by atoms with van der Waals surface area (Å²) in [4.78, 5) is 44.6. The van der Waals surface area contributed by atoms with Crippen molar-refractivity contribution >= 4 is 40.0 Å². The fraction of sp³-hybridized carbons (Fsp3) is 0.237. The first-order valence-electron chi connectivity index (χ1n) is 16.0. The van der Waals surface area contributed by atoms with Gasteiger partial charge in [0.05, 0.1) is 18.2 Å². The number of hydrogen-bond acceptors (Lipinski definition) is 4. The molecule has 2 aliphatic heterocycles. The summed E-state index contributed by atoms with van der Waals surface area (Å²) in [6.07, 6.45) is 3.60. The zero-order valence-corrected chi connectivity index (χ0v) is 25.6. The van der Waals surface area contributed by atoms with Gasteiger partial charge in [0, 0.05) is 34.4 Å². The molecule has 2 aliphatic rings. The van der Waals surface area contributed by atoms with Crippen molar-refractivity contribution in [2.75, 3.05) is 23.7 Å². The van der Waals surface area contributed by atoms with Crippen molar-refractivity contribution in [2.24, 2.45) is 0 Å². The zero-order chi connectivity index (χ0) is 31.5. The van der Waals surface area contributed by atoms with E-state index in [1.54, 1.807) is 4.90 Å². The van der Waals surface area contributed by atoms with Crippen LogP contribution < -0.4 is 16.0 Å². The second kappa shape index (κ2) is 13.0. The van der Waals surface area contributed by atoms with Gasteiger partial charge >= 0.3 is 0 Å². The SMILES string of the molecule is O=C(Nc1ccc(-c2[nH]c3ccc(NC(=O)[C@@H]4CCCN4C(=O)Cc4ccccc4)cc3c2-c2ccccc2)cc1)C1CCCN1. The number of anilines is 2. The van der Waals surface area contributed by atoms with Crippen LogP contribution >= 0.6 is 0 Å². The van der Waals surface area contributed by atoms with E-state index in [1.807, 2.05) is 91.0 Å². The molecule has 46 heavy (non-hydrogen) atoms. The van der Waals surface area contributed by atoms with Crippen LogP contribution in [-0.4, -0.2) is 52.8 Å². The van der Waals surface area contributed by atoms with Crippen LogP contribution in [0.4, 0.5) is 11.4 Å². The highest BCUT2D eigenvalue weighted by molar-refractivity contribution is 6.07. The number of amides is 3. The van der Waals surface area contributed by atoms with Crippen LogP contribution in [0, 0.1) is 0 Å². The molecule has 0 saturated carbocycles. The van der Waals surface area contributed by atoms with Crippen molar-refractivity contribution in [3.05, 3.63) is 109 Å². The smallest absolute Gasteiger partial charge is 0.247 e. The number of benzene rings is 4. The quantitative estimate of drug-likeness (QED) is 0.164. The maximum absolute atomic E-state index is 13.5. The molecule has 4 N–H and O–H groups in total. The number of H-pyrrole nitrogens is 1. The minimum Gasteiger partial charge on any atom is -0.354 e. The lowest BCUT2D eigenvalue weighted by Gasteiger charge is -2.24. The predicted octanol–water partition coefficient (Wildman–Crippen LogP) is 6.36. The molecular weight excluding hydrogens is 574 g/mol. The van der Waals surface area contributed by atoms with E-state index < -0.39 is 6.04 Å². The molecular formula is C38H37N5O3. The van der Waals surface area contributed by atoms with Gasteiger partial charge in [0.1, 0.15) is 6.04 Å². The van der Waals surface area contributed by atoms with Gasteiger partial charge in [0.25, 0.3) is 0 Å². The summed E-state index contributed by atoms with van der Waals surface area (Å²) < 4.78 is 0. The molecule has 0 radical (unpaired) electrons. The molecule has 1 unspecified atom stereocenters. The molecule has 232 valence electrons. The summed E-state index contributed by atoms with van der Waals surface area (Å²) in [5.74, 6) is -0.195. The lowest BCUT2D eigenvalue weighted by atomic mass is 9.98. The maximum atomic E-state index is 13.5. The summed E-state index contributed by atoms with van der Waals surface area (Å²) in [6, 6.07) is 33.0. The van der Waals surface area contributed by atoms with Crippen LogP contribution in [0.3, 0.4) is 0 Å². The van der Waals surface area contributed by atoms with E-state index >= 15 is 0 Å². The summed E-state index contributed by atoms with van der Waals surface area (Å²) >= 11 is 0. The highest BCUT2D eigenvalue weighted by Gasteiger charge is 2.34. The highest BCUT2D eigenvalue weighted by Crippen LogP contribution is 2.39. The molecule has 7 rings (SSSR count). The third-order valence-corrected chi connectivity index (χ3v) is 9.02. The van der Waals surface area contributed by atoms with E-state index in [4.69, 9.17) is 0 Å². The number of carbonyl (C=O) groups excluding carboxylic acids is 3. The Labute approximate surface area is 268 Å². The van der Waals surface area contributed by atoms with Crippen LogP contribution in [0.2, 0.25) is 0 Å². The molecule has 0 spiro atoms. The lowest BCUT2D eigenvalue weighted by molar-refractivity contribution is -0.136. The molecule has 3 amide bonds. The molecule has 2 fully saturated rings. The van der Waals surface area contributed by atoms with Crippen LogP contribution in [0.1, 0.15) is 31.2 Å². The van der Waals surface area contributed by atoms with Gasteiger partial charge in [-0.25, -0.2) is 0 Å². The Kier molecular flexibility index (Phi) is 8.35. The zero-order valence-electron chi connectivity index (χ0n) is 25.6. The first-order valence-corrected chi connectivity index (χ1v) is 16.0. The van der Waals surface area contributed by atoms with E-state index in [1.165, 1.54) is 0 Å². The largest absolute Gasteiger partial charge is 0.354 e. The van der Waals surface area contributed by atoms with Gasteiger partial charge in [0.15, 0.2) is 0 Å². The standard InChI is InChI=1S/C38H37N5O3/c44-34(23-25-9-3-1-4-10-25)43-22-8-14-33(43)38(46)41-29-19-20-31-30(24-29)35(26-11-5-2-6-12-26)36(42-31)27-15-17-28(18-16-27)40-37(45)32-13-7-21-39-32/h1-6,9-12,15-20,24,32-33,39,42H,7-8,13-14,21-23H2,(H,40,45)(H,41,46)/t32?,33-/m0/s1. The summed E-state index contributed by atoms with van der Waals surface area (Å²) in [6.45, 7) is 1.46. The van der Waals surface area contributed by atoms with E-state index in [2.05, 4.69) is 33.1 Å². The Morgan fingerprint density at radius 1 is 0.739 bits per heavy atom. The van der Waals surface area contributed by atoms with Crippen molar-refractivity contribution in [2.45, 2.75) is 44.2 Å². The third kappa shape index (κ3) is 6.17. The van der Waals surface area contributed by atoms with Crippen molar-refractivity contribution < 1.29 is 14.4 Å². The Bertz CT molecular complexity index is 1860. The Morgan fingerprint density at radius 2 is 1.46 bits per heavy atom. The monoisotopic (exact) mass is 611 g/mol. The predicted molar refractivity (Wildman–Crippen MR) is 182 cm³/mol. The van der Waals surface area contributed by atoms with Crippen molar-refractivity contribution in [3.8, 4) is 22.4 Å². The Morgan fingerprint density at radius 3 is 2.20 bits per heavy atom. The first-order chi connectivity index (χ1) is 22.5. The summed E-state index contributed by atoms with van der Waals surface area (Å²) in [5.41, 5.74) is 7.34. The number of hydrogen-bond donors (Lipinski definition) is 4. The second-order valence-corrected chi connectivity index (χ2v) is 12.1. The fourth-order valence-electron chi connectivity index (χ4n) is 6.68. The Balaban J connectivity index is 1.14. The van der Waals surface area contributed by atoms with Crippen LogP contribution in [0.25, 0.3) is 33.3 Å². The second-order valence-electron chi connectivity index (χ2n) is 12.1. The number of aromatic nitrogens is 1. The molecule has 3 heterocycles.